The fourth-order valence-corrected chi connectivity index (χ4v) is 5.12. The van der Waals surface area contributed by atoms with E-state index in [2.05, 4.69) is 40.0 Å². The first kappa shape index (κ1) is 24.5. The lowest BCUT2D eigenvalue weighted by Crippen LogP contribution is -2.50. The highest BCUT2D eigenvalue weighted by Crippen LogP contribution is 2.42. The standard InChI is InChI=1S/C26H34ClN5O2/c1-17(2)34-26(33)32-10-8-31(9-11-32)23-13-18(3)12-22(21-14-19(27)6-7-20(21)23)25(28-4)24-15-29-16-30(24)5/h6-7,12,14-17,23,25,28H,3,8-11,13H2,1-2,4-5H3. The number of nitrogens with zero attached hydrogens (tertiary/aromatic N) is 4. The van der Waals surface area contributed by atoms with Gasteiger partial charge in [-0.3, -0.25) is 4.90 Å². The van der Waals surface area contributed by atoms with E-state index in [0.29, 0.717) is 18.1 Å². The quantitative estimate of drug-likeness (QED) is 0.674. The molecule has 7 nitrogen and oxygen atoms in total. The number of benzene rings is 1. The molecule has 34 heavy (non-hydrogen) atoms. The number of rotatable bonds is 5. The molecule has 4 rings (SSSR count). The summed E-state index contributed by atoms with van der Waals surface area (Å²) in [6.45, 7) is 11.0. The fraction of sp³-hybridized carbons (Fsp3) is 0.462. The Bertz CT molecular complexity index is 1080. The molecule has 1 aromatic carbocycles. The first-order valence-corrected chi connectivity index (χ1v) is 12.2. The molecule has 2 unspecified atom stereocenters. The summed E-state index contributed by atoms with van der Waals surface area (Å²) in [6.07, 6.45) is 6.38. The van der Waals surface area contributed by atoms with Crippen LogP contribution in [-0.2, 0) is 11.8 Å². The van der Waals surface area contributed by atoms with Crippen molar-refractivity contribution in [2.75, 3.05) is 33.2 Å². The molecule has 0 bridgehead atoms. The monoisotopic (exact) mass is 483 g/mol. The Morgan fingerprint density at radius 2 is 2.00 bits per heavy atom. The molecule has 2 aromatic rings. The Kier molecular flexibility index (Phi) is 7.45. The van der Waals surface area contributed by atoms with E-state index in [1.165, 1.54) is 5.56 Å². The number of nitrogens with one attached hydrogen (secondary N) is 1. The Morgan fingerprint density at radius 3 is 2.62 bits per heavy atom. The second-order valence-corrected chi connectivity index (χ2v) is 9.75. The van der Waals surface area contributed by atoms with E-state index < -0.39 is 0 Å². The Morgan fingerprint density at radius 1 is 1.26 bits per heavy atom. The summed E-state index contributed by atoms with van der Waals surface area (Å²) < 4.78 is 7.43. The second kappa shape index (κ2) is 10.3. The van der Waals surface area contributed by atoms with Gasteiger partial charge in [-0.05, 0) is 56.1 Å². The van der Waals surface area contributed by atoms with Crippen LogP contribution in [0, 0.1) is 0 Å². The Labute approximate surface area is 207 Å². The zero-order valence-electron chi connectivity index (χ0n) is 20.4. The third-order valence-electron chi connectivity index (χ3n) is 6.60. The second-order valence-electron chi connectivity index (χ2n) is 9.32. The van der Waals surface area contributed by atoms with Crippen LogP contribution in [0.5, 0.6) is 0 Å². The summed E-state index contributed by atoms with van der Waals surface area (Å²) in [7, 11) is 3.97. The summed E-state index contributed by atoms with van der Waals surface area (Å²) in [5.41, 5.74) is 5.63. The summed E-state index contributed by atoms with van der Waals surface area (Å²) in [4.78, 5) is 20.9. The van der Waals surface area contributed by atoms with E-state index >= 15 is 0 Å². The van der Waals surface area contributed by atoms with Crippen LogP contribution in [0.2, 0.25) is 5.02 Å². The highest BCUT2D eigenvalue weighted by atomic mass is 35.5. The Balaban J connectivity index is 1.64. The van der Waals surface area contributed by atoms with Gasteiger partial charge in [0.2, 0.25) is 0 Å². The van der Waals surface area contributed by atoms with Crippen LogP contribution in [0.4, 0.5) is 4.79 Å². The molecule has 0 spiro atoms. The van der Waals surface area contributed by atoms with Crippen LogP contribution in [0.3, 0.4) is 0 Å². The van der Waals surface area contributed by atoms with Crippen molar-refractivity contribution in [2.24, 2.45) is 7.05 Å². The SMILES string of the molecule is C=C1C=C(C(NC)c2cncn2C)c2cc(Cl)ccc2C(N2CCN(C(=O)OC(C)C)CC2)C1. The molecule has 1 amide bonds. The molecule has 2 aliphatic rings. The number of likely N-dealkylation sites (N-methyl/N-ethyl adjacent to an activating group) is 1. The number of halogens is 1. The van der Waals surface area contributed by atoms with Crippen molar-refractivity contribution in [3.05, 3.63) is 70.8 Å². The van der Waals surface area contributed by atoms with Crippen molar-refractivity contribution in [3.63, 3.8) is 0 Å². The maximum Gasteiger partial charge on any atom is 0.410 e. The number of allylic oxidation sites excluding steroid dienone is 1. The van der Waals surface area contributed by atoms with Crippen molar-refractivity contribution in [1.82, 2.24) is 24.7 Å². The lowest BCUT2D eigenvalue weighted by molar-refractivity contribution is 0.0478. The molecule has 0 saturated carbocycles. The van der Waals surface area contributed by atoms with E-state index in [0.717, 1.165) is 41.9 Å². The number of carbonyl (C=O) groups excluding carboxylic acids is 1. The average molecular weight is 484 g/mol. The number of hydrogen-bond donors (Lipinski definition) is 1. The number of hydrogen-bond acceptors (Lipinski definition) is 5. The molecule has 1 saturated heterocycles. The van der Waals surface area contributed by atoms with Crippen LogP contribution in [0.25, 0.3) is 5.57 Å². The van der Waals surface area contributed by atoms with Crippen molar-refractivity contribution >= 4 is 23.3 Å². The van der Waals surface area contributed by atoms with Gasteiger partial charge in [-0.15, -0.1) is 0 Å². The smallest absolute Gasteiger partial charge is 0.410 e. The van der Waals surface area contributed by atoms with E-state index in [4.69, 9.17) is 16.3 Å². The van der Waals surface area contributed by atoms with Crippen LogP contribution >= 0.6 is 11.6 Å². The van der Waals surface area contributed by atoms with Gasteiger partial charge in [-0.2, -0.15) is 0 Å². The number of amides is 1. The minimum absolute atomic E-state index is 0.0529. The van der Waals surface area contributed by atoms with Gasteiger partial charge in [0.05, 0.1) is 30.4 Å². The summed E-state index contributed by atoms with van der Waals surface area (Å²) in [5.74, 6) is 0. The number of piperazine rings is 1. The van der Waals surface area contributed by atoms with Gasteiger partial charge in [-0.1, -0.05) is 35.9 Å². The van der Waals surface area contributed by atoms with E-state index in [-0.39, 0.29) is 24.3 Å². The lowest BCUT2D eigenvalue weighted by Gasteiger charge is -2.39. The molecule has 182 valence electrons. The molecule has 2 atom stereocenters. The predicted molar refractivity (Wildman–Crippen MR) is 136 cm³/mol. The minimum atomic E-state index is -0.232. The first-order valence-electron chi connectivity index (χ1n) is 11.8. The fourth-order valence-electron chi connectivity index (χ4n) is 4.95. The zero-order chi connectivity index (χ0) is 24.4. The van der Waals surface area contributed by atoms with Crippen LogP contribution in [0.15, 0.2) is 49.0 Å². The van der Waals surface area contributed by atoms with Crippen LogP contribution < -0.4 is 5.32 Å². The lowest BCUT2D eigenvalue weighted by atomic mass is 9.90. The van der Waals surface area contributed by atoms with Gasteiger partial charge in [0.25, 0.3) is 0 Å². The highest BCUT2D eigenvalue weighted by molar-refractivity contribution is 6.30. The summed E-state index contributed by atoms with van der Waals surface area (Å²) >= 11 is 6.51. The molecular weight excluding hydrogens is 450 g/mol. The third-order valence-corrected chi connectivity index (χ3v) is 6.83. The largest absolute Gasteiger partial charge is 0.447 e. The molecule has 0 radical (unpaired) electrons. The topological polar surface area (TPSA) is 62.6 Å². The molecule has 1 N–H and O–H groups in total. The van der Waals surface area contributed by atoms with Crippen LogP contribution in [0.1, 0.15) is 49.2 Å². The van der Waals surface area contributed by atoms with Crippen molar-refractivity contribution in [1.29, 1.82) is 0 Å². The molecule has 1 aliphatic heterocycles. The molecule has 1 fully saturated rings. The minimum Gasteiger partial charge on any atom is -0.447 e. The van der Waals surface area contributed by atoms with E-state index in [1.54, 1.807) is 4.90 Å². The van der Waals surface area contributed by atoms with Crippen molar-refractivity contribution in [3.8, 4) is 0 Å². The van der Waals surface area contributed by atoms with E-state index in [1.807, 2.05) is 51.1 Å². The summed E-state index contributed by atoms with van der Waals surface area (Å²) in [5, 5.41) is 4.17. The predicted octanol–water partition coefficient (Wildman–Crippen LogP) is 4.58. The number of ether oxygens (including phenoxy) is 1. The number of imidazole rings is 1. The van der Waals surface area contributed by atoms with Gasteiger partial charge in [0, 0.05) is 44.3 Å². The zero-order valence-corrected chi connectivity index (χ0v) is 21.2. The van der Waals surface area contributed by atoms with Gasteiger partial charge in [-0.25, -0.2) is 9.78 Å². The third kappa shape index (κ3) is 5.06. The van der Waals surface area contributed by atoms with Crippen molar-refractivity contribution in [2.45, 2.75) is 38.5 Å². The number of aryl methyl sites for hydroxylation is 1. The van der Waals surface area contributed by atoms with Crippen LogP contribution in [-0.4, -0.2) is 64.8 Å². The summed E-state index contributed by atoms with van der Waals surface area (Å²) in [6, 6.07) is 6.27. The highest BCUT2D eigenvalue weighted by Gasteiger charge is 2.33. The number of aromatic nitrogens is 2. The normalized spacial score (nSPS) is 20.1. The van der Waals surface area contributed by atoms with Crippen molar-refractivity contribution < 1.29 is 9.53 Å². The maximum absolute atomic E-state index is 12.4. The van der Waals surface area contributed by atoms with Gasteiger partial charge in [0.1, 0.15) is 0 Å². The Hall–Kier alpha value is -2.61. The maximum atomic E-state index is 12.4. The molecule has 8 heteroatoms. The molecule has 2 heterocycles. The molecule has 1 aliphatic carbocycles. The number of carbonyl (C=O) groups is 1. The van der Waals surface area contributed by atoms with E-state index in [9.17, 15) is 4.79 Å². The first-order chi connectivity index (χ1) is 16.3. The van der Waals surface area contributed by atoms with Gasteiger partial charge in [0.15, 0.2) is 0 Å². The van der Waals surface area contributed by atoms with Gasteiger partial charge < -0.3 is 19.5 Å². The molecule has 1 aromatic heterocycles. The molecular formula is C26H34ClN5O2. The van der Waals surface area contributed by atoms with Gasteiger partial charge >= 0.3 is 6.09 Å². The average Bonchev–Trinajstić information content (AvgIpc) is 3.16. The number of fused-ring (bicyclic) bond motifs is 1.